The molecule has 0 radical (unpaired) electrons. The number of hydrogen-bond donors (Lipinski definition) is 0. The second kappa shape index (κ2) is 7.87. The molecule has 3 atom stereocenters. The van der Waals surface area contributed by atoms with Gasteiger partial charge in [-0.15, -0.1) is 0 Å². The molecule has 2 aliphatic heterocycles. The van der Waals surface area contributed by atoms with Crippen molar-refractivity contribution in [1.29, 1.82) is 0 Å². The Morgan fingerprint density at radius 1 is 1.16 bits per heavy atom. The van der Waals surface area contributed by atoms with Crippen LogP contribution in [0, 0.1) is 0 Å². The van der Waals surface area contributed by atoms with Crippen LogP contribution in [0.4, 0.5) is 4.79 Å². The Kier molecular flexibility index (Phi) is 5.58. The van der Waals surface area contributed by atoms with Crippen LogP contribution in [0.15, 0.2) is 30.3 Å². The molecule has 6 heteroatoms. The fourth-order valence-electron chi connectivity index (χ4n) is 3.61. The van der Waals surface area contributed by atoms with Crippen molar-refractivity contribution in [1.82, 2.24) is 9.80 Å². The lowest BCUT2D eigenvalue weighted by atomic mass is 10.1. The normalized spacial score (nSPS) is 26.6. The maximum absolute atomic E-state index is 12.9. The van der Waals surface area contributed by atoms with Gasteiger partial charge in [0, 0.05) is 19.6 Å². The highest BCUT2D eigenvalue weighted by Crippen LogP contribution is 2.23. The SMILES string of the molecule is CC1CN(C(=O)C2CCCN2C(=O)OCc2ccccc2)CC(C)O1. The summed E-state index contributed by atoms with van der Waals surface area (Å²) in [6, 6.07) is 9.15. The Bertz CT molecular complexity index is 597. The molecule has 1 aromatic carbocycles. The molecule has 6 nitrogen and oxygen atoms in total. The lowest BCUT2D eigenvalue weighted by molar-refractivity contribution is -0.147. The van der Waals surface area contributed by atoms with E-state index < -0.39 is 12.1 Å². The first-order valence-corrected chi connectivity index (χ1v) is 8.96. The molecular formula is C19H26N2O4. The zero-order chi connectivity index (χ0) is 17.8. The van der Waals surface area contributed by atoms with Crippen LogP contribution in [-0.4, -0.2) is 59.7 Å². The van der Waals surface area contributed by atoms with E-state index in [1.54, 1.807) is 4.90 Å². The monoisotopic (exact) mass is 346 g/mol. The van der Waals surface area contributed by atoms with Crippen molar-refractivity contribution in [2.45, 2.75) is 51.5 Å². The van der Waals surface area contributed by atoms with E-state index in [9.17, 15) is 9.59 Å². The maximum atomic E-state index is 12.9. The fraction of sp³-hybridized carbons (Fsp3) is 0.579. The molecule has 3 unspecified atom stereocenters. The molecule has 0 N–H and O–H groups in total. The molecule has 2 fully saturated rings. The third kappa shape index (κ3) is 4.31. The van der Waals surface area contributed by atoms with Gasteiger partial charge in [-0.3, -0.25) is 9.69 Å². The van der Waals surface area contributed by atoms with E-state index in [0.717, 1.165) is 12.0 Å². The van der Waals surface area contributed by atoms with Gasteiger partial charge in [0.2, 0.25) is 5.91 Å². The molecule has 0 spiro atoms. The van der Waals surface area contributed by atoms with Crippen LogP contribution >= 0.6 is 0 Å². The molecule has 3 rings (SSSR count). The van der Waals surface area contributed by atoms with Crippen molar-refractivity contribution >= 4 is 12.0 Å². The fourth-order valence-corrected chi connectivity index (χ4v) is 3.61. The molecule has 136 valence electrons. The minimum absolute atomic E-state index is 0.0103. The van der Waals surface area contributed by atoms with E-state index in [4.69, 9.17) is 9.47 Å². The van der Waals surface area contributed by atoms with Crippen LogP contribution < -0.4 is 0 Å². The number of likely N-dealkylation sites (tertiary alicyclic amines) is 1. The number of morpholine rings is 1. The van der Waals surface area contributed by atoms with Crippen molar-refractivity contribution in [3.8, 4) is 0 Å². The third-order valence-electron chi connectivity index (χ3n) is 4.71. The second-order valence-electron chi connectivity index (χ2n) is 6.89. The number of carbonyl (C=O) groups excluding carboxylic acids is 2. The average molecular weight is 346 g/mol. The van der Waals surface area contributed by atoms with Gasteiger partial charge in [0.25, 0.3) is 0 Å². The lowest BCUT2D eigenvalue weighted by Gasteiger charge is -2.37. The highest BCUT2D eigenvalue weighted by molar-refractivity contribution is 5.86. The summed E-state index contributed by atoms with van der Waals surface area (Å²) in [7, 11) is 0. The predicted molar refractivity (Wildman–Crippen MR) is 92.9 cm³/mol. The van der Waals surface area contributed by atoms with Gasteiger partial charge >= 0.3 is 6.09 Å². The second-order valence-corrected chi connectivity index (χ2v) is 6.89. The van der Waals surface area contributed by atoms with Crippen molar-refractivity contribution in [3.05, 3.63) is 35.9 Å². The summed E-state index contributed by atoms with van der Waals surface area (Å²) in [5, 5.41) is 0. The van der Waals surface area contributed by atoms with Gasteiger partial charge in [-0.1, -0.05) is 30.3 Å². The Hall–Kier alpha value is -2.08. The summed E-state index contributed by atoms with van der Waals surface area (Å²) in [5.74, 6) is 0.0103. The Morgan fingerprint density at radius 3 is 2.52 bits per heavy atom. The van der Waals surface area contributed by atoms with E-state index in [0.29, 0.717) is 26.1 Å². The van der Waals surface area contributed by atoms with Crippen molar-refractivity contribution in [3.63, 3.8) is 0 Å². The molecule has 2 aliphatic rings. The highest BCUT2D eigenvalue weighted by Gasteiger charge is 2.39. The van der Waals surface area contributed by atoms with E-state index in [1.165, 1.54) is 0 Å². The zero-order valence-electron chi connectivity index (χ0n) is 14.9. The summed E-state index contributed by atoms with van der Waals surface area (Å²) in [6.45, 7) is 5.88. The molecule has 0 aromatic heterocycles. The number of rotatable bonds is 3. The van der Waals surface area contributed by atoms with Gasteiger partial charge in [-0.05, 0) is 32.3 Å². The number of hydrogen-bond acceptors (Lipinski definition) is 4. The molecule has 1 aromatic rings. The molecule has 2 heterocycles. The van der Waals surface area contributed by atoms with Crippen LogP contribution in [0.1, 0.15) is 32.3 Å². The summed E-state index contributed by atoms with van der Waals surface area (Å²) in [5.41, 5.74) is 0.939. The summed E-state index contributed by atoms with van der Waals surface area (Å²) in [4.78, 5) is 28.8. The van der Waals surface area contributed by atoms with Gasteiger partial charge in [-0.2, -0.15) is 0 Å². The first-order chi connectivity index (χ1) is 12.0. The summed E-state index contributed by atoms with van der Waals surface area (Å²) in [6.07, 6.45) is 1.15. The van der Waals surface area contributed by atoms with Crippen LogP contribution in [0.5, 0.6) is 0 Å². The van der Waals surface area contributed by atoms with Crippen LogP contribution in [0.3, 0.4) is 0 Å². The summed E-state index contributed by atoms with van der Waals surface area (Å²) < 4.78 is 11.1. The molecule has 2 saturated heterocycles. The number of carbonyl (C=O) groups is 2. The van der Waals surface area contributed by atoms with Gasteiger partial charge in [-0.25, -0.2) is 4.79 Å². The van der Waals surface area contributed by atoms with E-state index in [2.05, 4.69) is 0 Å². The largest absolute Gasteiger partial charge is 0.445 e. The van der Waals surface area contributed by atoms with Gasteiger partial charge in [0.1, 0.15) is 12.6 Å². The number of nitrogens with zero attached hydrogens (tertiary/aromatic N) is 2. The first kappa shape index (κ1) is 17.7. The molecule has 0 aliphatic carbocycles. The Labute approximate surface area is 148 Å². The van der Waals surface area contributed by atoms with Gasteiger partial charge < -0.3 is 14.4 Å². The Morgan fingerprint density at radius 2 is 1.84 bits per heavy atom. The quantitative estimate of drug-likeness (QED) is 0.843. The van der Waals surface area contributed by atoms with Crippen molar-refractivity contribution < 1.29 is 19.1 Å². The topological polar surface area (TPSA) is 59.1 Å². The standard InChI is InChI=1S/C19H26N2O4/c1-14-11-20(12-15(2)25-14)18(22)17-9-6-10-21(17)19(23)24-13-16-7-4-3-5-8-16/h3-5,7-8,14-15,17H,6,9-13H2,1-2H3. The predicted octanol–water partition coefficient (Wildman–Crippen LogP) is 2.42. The van der Waals surface area contributed by atoms with E-state index in [1.807, 2.05) is 49.1 Å². The number of amides is 2. The third-order valence-corrected chi connectivity index (χ3v) is 4.71. The van der Waals surface area contributed by atoms with E-state index >= 15 is 0 Å². The summed E-state index contributed by atoms with van der Waals surface area (Å²) >= 11 is 0. The lowest BCUT2D eigenvalue weighted by Crippen LogP contribution is -2.54. The van der Waals surface area contributed by atoms with Crippen LogP contribution in [0.25, 0.3) is 0 Å². The van der Waals surface area contributed by atoms with Gasteiger partial charge in [0.15, 0.2) is 0 Å². The molecule has 2 amide bonds. The highest BCUT2D eigenvalue weighted by atomic mass is 16.6. The maximum Gasteiger partial charge on any atom is 0.410 e. The van der Waals surface area contributed by atoms with Crippen molar-refractivity contribution in [2.24, 2.45) is 0 Å². The minimum Gasteiger partial charge on any atom is -0.445 e. The number of benzene rings is 1. The number of ether oxygens (including phenoxy) is 2. The minimum atomic E-state index is -0.416. The Balaban J connectivity index is 1.59. The van der Waals surface area contributed by atoms with Crippen LogP contribution in [0.2, 0.25) is 0 Å². The van der Waals surface area contributed by atoms with Gasteiger partial charge in [0.05, 0.1) is 12.2 Å². The molecule has 0 saturated carbocycles. The van der Waals surface area contributed by atoms with Crippen molar-refractivity contribution in [2.75, 3.05) is 19.6 Å². The molecule has 25 heavy (non-hydrogen) atoms. The molecular weight excluding hydrogens is 320 g/mol. The zero-order valence-corrected chi connectivity index (χ0v) is 14.9. The first-order valence-electron chi connectivity index (χ1n) is 8.96. The van der Waals surface area contributed by atoms with E-state index in [-0.39, 0.29) is 24.7 Å². The molecule has 0 bridgehead atoms. The van der Waals surface area contributed by atoms with Crippen LogP contribution in [-0.2, 0) is 20.9 Å². The average Bonchev–Trinajstić information content (AvgIpc) is 3.09. The smallest absolute Gasteiger partial charge is 0.410 e.